The molecule has 26 heavy (non-hydrogen) atoms. The summed E-state index contributed by atoms with van der Waals surface area (Å²) < 4.78 is 0. The number of thioether (sulfide) groups is 1. The number of carbonyl (C=O) groups is 3. The molecule has 6 heteroatoms. The normalized spacial score (nSPS) is 15.6. The first-order chi connectivity index (χ1) is 12.4. The maximum Gasteiger partial charge on any atom is 0.294 e. The number of benzene rings is 2. The predicted octanol–water partition coefficient (Wildman–Crippen LogP) is 3.98. The Labute approximate surface area is 156 Å². The molecule has 132 valence electrons. The molecule has 0 atom stereocenters. The zero-order chi connectivity index (χ0) is 18.7. The van der Waals surface area contributed by atoms with Crippen LogP contribution in [0.4, 0.5) is 10.5 Å². The van der Waals surface area contributed by atoms with E-state index in [1.807, 2.05) is 62.4 Å². The number of nitrogens with one attached hydrogen (secondary N) is 1. The van der Waals surface area contributed by atoms with E-state index in [0.29, 0.717) is 10.6 Å². The molecule has 1 saturated heterocycles. The van der Waals surface area contributed by atoms with Crippen molar-refractivity contribution in [2.24, 2.45) is 0 Å². The minimum atomic E-state index is -0.444. The second kappa shape index (κ2) is 7.58. The Balaban J connectivity index is 1.70. The van der Waals surface area contributed by atoms with Crippen molar-refractivity contribution in [1.29, 1.82) is 0 Å². The first kappa shape index (κ1) is 17.9. The van der Waals surface area contributed by atoms with E-state index in [1.54, 1.807) is 6.08 Å². The van der Waals surface area contributed by atoms with Gasteiger partial charge < -0.3 is 5.32 Å². The largest absolute Gasteiger partial charge is 0.324 e. The number of hydrogen-bond donors (Lipinski definition) is 1. The van der Waals surface area contributed by atoms with E-state index < -0.39 is 17.1 Å². The molecule has 3 rings (SSSR count). The summed E-state index contributed by atoms with van der Waals surface area (Å²) in [7, 11) is 0. The molecule has 3 amide bonds. The van der Waals surface area contributed by atoms with Crippen molar-refractivity contribution in [3.63, 3.8) is 0 Å². The fourth-order valence-corrected chi connectivity index (χ4v) is 3.38. The van der Waals surface area contributed by atoms with Crippen LogP contribution in [0.15, 0.2) is 53.4 Å². The maximum atomic E-state index is 12.5. The van der Waals surface area contributed by atoms with Gasteiger partial charge >= 0.3 is 0 Å². The van der Waals surface area contributed by atoms with Gasteiger partial charge in [0.15, 0.2) is 0 Å². The second-order valence-electron chi connectivity index (χ2n) is 6.05. The molecule has 1 aliphatic rings. The van der Waals surface area contributed by atoms with Gasteiger partial charge in [-0.25, -0.2) is 0 Å². The molecule has 0 saturated carbocycles. The quantitative estimate of drug-likeness (QED) is 0.831. The van der Waals surface area contributed by atoms with Crippen LogP contribution >= 0.6 is 11.8 Å². The summed E-state index contributed by atoms with van der Waals surface area (Å²) in [6.07, 6.45) is 1.66. The van der Waals surface area contributed by atoms with Gasteiger partial charge in [0.1, 0.15) is 6.54 Å². The van der Waals surface area contributed by atoms with E-state index in [2.05, 4.69) is 5.32 Å². The number of rotatable bonds is 4. The summed E-state index contributed by atoms with van der Waals surface area (Å²) in [5.41, 5.74) is 3.45. The molecular weight excluding hydrogens is 348 g/mol. The number of anilines is 1. The standard InChI is InChI=1S/C20H18N2O3S/c1-13-8-9-14(2)16(10-13)21-18(23)12-22-19(24)17(26-20(22)25)11-15-6-4-3-5-7-15/h3-11H,12H2,1-2H3,(H,21,23)/b17-11-. The fraction of sp³-hybridized carbons (Fsp3) is 0.150. The van der Waals surface area contributed by atoms with Gasteiger partial charge in [-0.05, 0) is 54.4 Å². The molecule has 0 aromatic heterocycles. The van der Waals surface area contributed by atoms with Crippen LogP contribution in [0, 0.1) is 13.8 Å². The summed E-state index contributed by atoms with van der Waals surface area (Å²) >= 11 is 0.849. The average molecular weight is 366 g/mol. The number of nitrogens with zero attached hydrogens (tertiary/aromatic N) is 1. The lowest BCUT2D eigenvalue weighted by atomic mass is 10.1. The lowest BCUT2D eigenvalue weighted by Crippen LogP contribution is -2.36. The molecule has 1 aliphatic heterocycles. The highest BCUT2D eigenvalue weighted by Crippen LogP contribution is 2.32. The van der Waals surface area contributed by atoms with Gasteiger partial charge in [0.2, 0.25) is 5.91 Å². The van der Waals surface area contributed by atoms with Gasteiger partial charge in [0, 0.05) is 5.69 Å². The average Bonchev–Trinajstić information content (AvgIpc) is 2.86. The maximum absolute atomic E-state index is 12.5. The highest BCUT2D eigenvalue weighted by Gasteiger charge is 2.36. The third-order valence-corrected chi connectivity index (χ3v) is 4.85. The van der Waals surface area contributed by atoms with Gasteiger partial charge in [-0.2, -0.15) is 0 Å². The van der Waals surface area contributed by atoms with Crippen molar-refractivity contribution in [3.8, 4) is 0 Å². The third kappa shape index (κ3) is 4.03. The molecule has 0 radical (unpaired) electrons. The van der Waals surface area contributed by atoms with Crippen LogP contribution < -0.4 is 5.32 Å². The molecule has 2 aromatic rings. The van der Waals surface area contributed by atoms with E-state index >= 15 is 0 Å². The first-order valence-corrected chi connectivity index (χ1v) is 8.93. The Morgan fingerprint density at radius 2 is 1.85 bits per heavy atom. The monoisotopic (exact) mass is 366 g/mol. The van der Waals surface area contributed by atoms with Gasteiger partial charge in [-0.1, -0.05) is 42.5 Å². The van der Waals surface area contributed by atoms with E-state index in [-0.39, 0.29) is 6.54 Å². The van der Waals surface area contributed by atoms with Crippen LogP contribution in [0.25, 0.3) is 6.08 Å². The van der Waals surface area contributed by atoms with Crippen LogP contribution in [0.5, 0.6) is 0 Å². The number of amides is 3. The SMILES string of the molecule is Cc1ccc(C)c(NC(=O)CN2C(=O)S/C(=C\c3ccccc3)C2=O)c1. The van der Waals surface area contributed by atoms with E-state index in [9.17, 15) is 14.4 Å². The van der Waals surface area contributed by atoms with Crippen molar-refractivity contribution in [1.82, 2.24) is 4.90 Å². The van der Waals surface area contributed by atoms with Crippen molar-refractivity contribution in [2.45, 2.75) is 13.8 Å². The molecule has 0 aliphatic carbocycles. The molecule has 1 heterocycles. The minimum absolute atomic E-state index is 0.301. The molecule has 0 bridgehead atoms. The van der Waals surface area contributed by atoms with Crippen molar-refractivity contribution >= 4 is 40.6 Å². The predicted molar refractivity (Wildman–Crippen MR) is 104 cm³/mol. The molecule has 2 aromatic carbocycles. The Morgan fingerprint density at radius 1 is 1.12 bits per heavy atom. The Hall–Kier alpha value is -2.86. The molecule has 1 N–H and O–H groups in total. The Morgan fingerprint density at radius 3 is 2.58 bits per heavy atom. The fourth-order valence-electron chi connectivity index (χ4n) is 2.54. The van der Waals surface area contributed by atoms with Crippen molar-refractivity contribution < 1.29 is 14.4 Å². The van der Waals surface area contributed by atoms with E-state index in [0.717, 1.165) is 33.4 Å². The first-order valence-electron chi connectivity index (χ1n) is 8.11. The van der Waals surface area contributed by atoms with Gasteiger partial charge in [0.25, 0.3) is 11.1 Å². The molecular formula is C20H18N2O3S. The second-order valence-corrected chi connectivity index (χ2v) is 7.04. The van der Waals surface area contributed by atoms with E-state index in [1.165, 1.54) is 0 Å². The Kier molecular flexibility index (Phi) is 5.23. The summed E-state index contributed by atoms with van der Waals surface area (Å²) in [4.78, 5) is 38.2. The molecule has 5 nitrogen and oxygen atoms in total. The summed E-state index contributed by atoms with van der Waals surface area (Å²) in [6.45, 7) is 3.52. The number of aryl methyl sites for hydroxylation is 2. The van der Waals surface area contributed by atoms with Crippen molar-refractivity contribution in [3.05, 3.63) is 70.1 Å². The zero-order valence-electron chi connectivity index (χ0n) is 14.5. The van der Waals surface area contributed by atoms with Crippen LogP contribution in [0.3, 0.4) is 0 Å². The van der Waals surface area contributed by atoms with Gasteiger partial charge in [-0.3, -0.25) is 19.3 Å². The van der Waals surface area contributed by atoms with Crippen LogP contribution in [0.1, 0.15) is 16.7 Å². The zero-order valence-corrected chi connectivity index (χ0v) is 15.3. The number of hydrogen-bond acceptors (Lipinski definition) is 4. The molecule has 0 spiro atoms. The number of carbonyl (C=O) groups excluding carboxylic acids is 3. The molecule has 0 unspecified atom stereocenters. The van der Waals surface area contributed by atoms with Crippen LogP contribution in [-0.2, 0) is 9.59 Å². The van der Waals surface area contributed by atoms with Crippen LogP contribution in [-0.4, -0.2) is 28.5 Å². The molecule has 1 fully saturated rings. The lowest BCUT2D eigenvalue weighted by molar-refractivity contribution is -0.127. The topological polar surface area (TPSA) is 66.5 Å². The number of imide groups is 1. The third-order valence-electron chi connectivity index (χ3n) is 3.94. The van der Waals surface area contributed by atoms with Crippen molar-refractivity contribution in [2.75, 3.05) is 11.9 Å². The highest BCUT2D eigenvalue weighted by molar-refractivity contribution is 8.18. The lowest BCUT2D eigenvalue weighted by Gasteiger charge is -2.14. The van der Waals surface area contributed by atoms with Crippen LogP contribution in [0.2, 0.25) is 0 Å². The smallest absolute Gasteiger partial charge is 0.294 e. The summed E-state index contributed by atoms with van der Waals surface area (Å²) in [6, 6.07) is 15.0. The highest BCUT2D eigenvalue weighted by atomic mass is 32.2. The summed E-state index contributed by atoms with van der Waals surface area (Å²) in [5.74, 6) is -0.845. The van der Waals surface area contributed by atoms with E-state index in [4.69, 9.17) is 0 Å². The van der Waals surface area contributed by atoms with Gasteiger partial charge in [0.05, 0.1) is 4.91 Å². The Bertz CT molecular complexity index is 907. The minimum Gasteiger partial charge on any atom is -0.324 e. The summed E-state index contributed by atoms with van der Waals surface area (Å²) in [5, 5.41) is 2.33. The van der Waals surface area contributed by atoms with Gasteiger partial charge in [-0.15, -0.1) is 0 Å².